The molecule has 0 saturated carbocycles. The van der Waals surface area contributed by atoms with Gasteiger partial charge in [0.25, 0.3) is 0 Å². The molecule has 0 aromatic rings. The Morgan fingerprint density at radius 2 is 2.00 bits per heavy atom. The third-order valence-electron chi connectivity index (χ3n) is 0.512. The van der Waals surface area contributed by atoms with E-state index < -0.39 is 0 Å². The fourth-order valence-electron chi connectivity index (χ4n) is 0.158. The summed E-state index contributed by atoms with van der Waals surface area (Å²) in [6, 6.07) is 0. The van der Waals surface area contributed by atoms with Gasteiger partial charge in [-0.15, -0.1) is 0 Å². The fraction of sp³-hybridized carbons (Fsp3) is 1.00. The summed E-state index contributed by atoms with van der Waals surface area (Å²) in [6.07, 6.45) is 2.04. The van der Waals surface area contributed by atoms with Gasteiger partial charge in [0, 0.05) is 25.5 Å². The van der Waals surface area contributed by atoms with E-state index in [1.165, 1.54) is 0 Å². The van der Waals surface area contributed by atoms with Crippen molar-refractivity contribution in [2.45, 2.75) is 19.8 Å². The second-order valence-corrected chi connectivity index (χ2v) is 1.08. The molecule has 0 aliphatic carbocycles. The van der Waals surface area contributed by atoms with Crippen molar-refractivity contribution in [2.75, 3.05) is 6.61 Å². The first-order chi connectivity index (χ1) is 2.41. The van der Waals surface area contributed by atoms with Crippen molar-refractivity contribution in [3.8, 4) is 0 Å². The molecule has 2 heteroatoms. The molecule has 0 spiro atoms. The molecule has 33 valence electrons. The van der Waals surface area contributed by atoms with Crippen LogP contribution in [0, 0.1) is 0 Å². The summed E-state index contributed by atoms with van der Waals surface area (Å²) in [5, 5.41) is 8.07. The molecule has 0 heterocycles. The van der Waals surface area contributed by atoms with E-state index >= 15 is 0 Å². The molecular formula is C4H10LiO. The topological polar surface area (TPSA) is 20.2 Å². The van der Waals surface area contributed by atoms with Gasteiger partial charge in [0.15, 0.2) is 0 Å². The van der Waals surface area contributed by atoms with Gasteiger partial charge in [-0.05, 0) is 6.42 Å². The predicted octanol–water partition coefficient (Wildman–Crippen LogP) is 0.398. The van der Waals surface area contributed by atoms with Crippen molar-refractivity contribution in [3.63, 3.8) is 0 Å². The van der Waals surface area contributed by atoms with Gasteiger partial charge in [0.1, 0.15) is 0 Å². The predicted molar refractivity (Wildman–Crippen MR) is 27.7 cm³/mol. The van der Waals surface area contributed by atoms with Gasteiger partial charge in [-0.1, -0.05) is 13.3 Å². The van der Waals surface area contributed by atoms with Crippen LogP contribution < -0.4 is 0 Å². The third-order valence-corrected chi connectivity index (χ3v) is 0.512. The zero-order chi connectivity index (χ0) is 4.12. The van der Waals surface area contributed by atoms with E-state index in [1.807, 2.05) is 0 Å². The molecule has 6 heavy (non-hydrogen) atoms. The maximum Gasteiger partial charge on any atom is 0.0430 e. The number of aliphatic hydroxyl groups is 1. The molecule has 1 radical (unpaired) electrons. The molecule has 0 amide bonds. The molecule has 0 aliphatic rings. The number of rotatable bonds is 2. The Morgan fingerprint density at radius 3 is 2.00 bits per heavy atom. The minimum absolute atomic E-state index is 0. The summed E-state index contributed by atoms with van der Waals surface area (Å²) in [5.41, 5.74) is 0. The second kappa shape index (κ2) is 9.12. The summed E-state index contributed by atoms with van der Waals surface area (Å²) in [4.78, 5) is 0. The number of unbranched alkanes of at least 4 members (excludes halogenated alkanes) is 1. The Balaban J connectivity index is 0. The minimum atomic E-state index is 0. The molecule has 0 fully saturated rings. The first-order valence-electron chi connectivity index (χ1n) is 2.02. The molecule has 0 unspecified atom stereocenters. The van der Waals surface area contributed by atoms with E-state index in [0.717, 1.165) is 12.8 Å². The first kappa shape index (κ1) is 9.75. The Bertz CT molecular complexity index is 15.0. The number of aliphatic hydroxyl groups excluding tert-OH is 1. The smallest absolute Gasteiger partial charge is 0.0430 e. The third kappa shape index (κ3) is 8.82. The van der Waals surface area contributed by atoms with Crippen molar-refractivity contribution in [3.05, 3.63) is 0 Å². The summed E-state index contributed by atoms with van der Waals surface area (Å²) < 4.78 is 0. The maximum absolute atomic E-state index is 8.07. The maximum atomic E-state index is 8.07. The van der Waals surface area contributed by atoms with Crippen molar-refractivity contribution in [1.29, 1.82) is 0 Å². The molecule has 0 rings (SSSR count). The molecule has 0 aromatic heterocycles. The summed E-state index contributed by atoms with van der Waals surface area (Å²) in [7, 11) is 0. The minimum Gasteiger partial charge on any atom is -0.396 e. The van der Waals surface area contributed by atoms with Gasteiger partial charge < -0.3 is 5.11 Å². The summed E-state index contributed by atoms with van der Waals surface area (Å²) in [6.45, 7) is 2.40. The van der Waals surface area contributed by atoms with Crippen LogP contribution in [-0.4, -0.2) is 30.6 Å². The Morgan fingerprint density at radius 1 is 1.50 bits per heavy atom. The van der Waals surface area contributed by atoms with Gasteiger partial charge in [0.05, 0.1) is 0 Å². The quantitative estimate of drug-likeness (QED) is 0.477. The van der Waals surface area contributed by atoms with Crippen LogP contribution in [0.4, 0.5) is 0 Å². The van der Waals surface area contributed by atoms with Gasteiger partial charge >= 0.3 is 0 Å². The SMILES string of the molecule is CCCCO.[Li]. The van der Waals surface area contributed by atoms with Crippen molar-refractivity contribution in [1.82, 2.24) is 0 Å². The largest absolute Gasteiger partial charge is 0.396 e. The van der Waals surface area contributed by atoms with Crippen LogP contribution in [0.25, 0.3) is 0 Å². The van der Waals surface area contributed by atoms with Crippen molar-refractivity contribution < 1.29 is 5.11 Å². The van der Waals surface area contributed by atoms with Crippen LogP contribution in [0.15, 0.2) is 0 Å². The van der Waals surface area contributed by atoms with Crippen LogP contribution in [0.3, 0.4) is 0 Å². The van der Waals surface area contributed by atoms with Gasteiger partial charge in [-0.3, -0.25) is 0 Å². The molecule has 0 bridgehead atoms. The first-order valence-corrected chi connectivity index (χ1v) is 2.02. The van der Waals surface area contributed by atoms with Crippen LogP contribution in [0.1, 0.15) is 19.8 Å². The van der Waals surface area contributed by atoms with Crippen LogP contribution in [0.2, 0.25) is 0 Å². The molecule has 0 aliphatic heterocycles. The van der Waals surface area contributed by atoms with E-state index in [-0.39, 0.29) is 18.9 Å². The Kier molecular flexibility index (Phi) is 14.8. The van der Waals surface area contributed by atoms with E-state index in [4.69, 9.17) is 5.11 Å². The monoisotopic (exact) mass is 81.1 g/mol. The van der Waals surface area contributed by atoms with Crippen molar-refractivity contribution in [2.24, 2.45) is 0 Å². The van der Waals surface area contributed by atoms with Crippen LogP contribution >= 0.6 is 0 Å². The average molecular weight is 81.1 g/mol. The van der Waals surface area contributed by atoms with Gasteiger partial charge in [-0.25, -0.2) is 0 Å². The summed E-state index contributed by atoms with van der Waals surface area (Å²) in [5.74, 6) is 0. The van der Waals surface area contributed by atoms with Gasteiger partial charge in [0.2, 0.25) is 0 Å². The number of hydrogen-bond acceptors (Lipinski definition) is 1. The number of hydrogen-bond donors (Lipinski definition) is 1. The van der Waals surface area contributed by atoms with Crippen LogP contribution in [0.5, 0.6) is 0 Å². The molecule has 1 N–H and O–H groups in total. The fourth-order valence-corrected chi connectivity index (χ4v) is 0.158. The molecule has 0 atom stereocenters. The molecular weight excluding hydrogens is 71.0 g/mol. The van der Waals surface area contributed by atoms with Gasteiger partial charge in [-0.2, -0.15) is 0 Å². The summed E-state index contributed by atoms with van der Waals surface area (Å²) >= 11 is 0. The average Bonchev–Trinajstić information content (AvgIpc) is 1.41. The van der Waals surface area contributed by atoms with E-state index in [1.54, 1.807) is 0 Å². The van der Waals surface area contributed by atoms with E-state index in [2.05, 4.69) is 6.92 Å². The Labute approximate surface area is 50.9 Å². The molecule has 0 saturated heterocycles. The Hall–Kier alpha value is 0.557. The van der Waals surface area contributed by atoms with E-state index in [9.17, 15) is 0 Å². The zero-order valence-electron chi connectivity index (χ0n) is 4.57. The standard InChI is InChI=1S/C4H10O.Li/c1-2-3-4-5;/h5H,2-4H2,1H3;. The zero-order valence-corrected chi connectivity index (χ0v) is 4.57. The molecule has 0 aromatic carbocycles. The van der Waals surface area contributed by atoms with Crippen molar-refractivity contribution >= 4 is 18.9 Å². The molecule has 1 nitrogen and oxygen atoms in total. The normalized spacial score (nSPS) is 7.00. The van der Waals surface area contributed by atoms with Crippen LogP contribution in [-0.2, 0) is 0 Å². The van der Waals surface area contributed by atoms with E-state index in [0.29, 0.717) is 6.61 Å². The second-order valence-electron chi connectivity index (χ2n) is 1.08.